The number of rotatable bonds is 4. The molecule has 20 heavy (non-hydrogen) atoms. The zero-order valence-electron chi connectivity index (χ0n) is 10.1. The average Bonchev–Trinajstić information content (AvgIpc) is 2.37. The summed E-state index contributed by atoms with van der Waals surface area (Å²) in [6.45, 7) is 0.126. The van der Waals surface area contributed by atoms with Gasteiger partial charge in [0.05, 0.1) is 10.0 Å². The predicted octanol–water partition coefficient (Wildman–Crippen LogP) is 4.13. The Bertz CT molecular complexity index is 695. The van der Waals surface area contributed by atoms with Gasteiger partial charge in [0.2, 0.25) is 10.0 Å². The van der Waals surface area contributed by atoms with Gasteiger partial charge in [0, 0.05) is 11.6 Å². The molecule has 0 fully saturated rings. The monoisotopic (exact) mass is 349 g/mol. The highest BCUT2D eigenvalue weighted by molar-refractivity contribution is 7.89. The van der Waals surface area contributed by atoms with Crippen molar-refractivity contribution in [3.05, 3.63) is 63.1 Å². The van der Waals surface area contributed by atoms with Gasteiger partial charge in [-0.3, -0.25) is 0 Å². The summed E-state index contributed by atoms with van der Waals surface area (Å²) < 4.78 is 26.9. The molecule has 0 aliphatic rings. The minimum Gasteiger partial charge on any atom is -0.207 e. The second-order valence-electron chi connectivity index (χ2n) is 4.00. The van der Waals surface area contributed by atoms with E-state index >= 15 is 0 Å². The highest BCUT2D eigenvalue weighted by Gasteiger charge is 2.20. The van der Waals surface area contributed by atoms with Crippen molar-refractivity contribution in [1.29, 1.82) is 0 Å². The summed E-state index contributed by atoms with van der Waals surface area (Å²) in [6, 6.07) is 11.4. The Labute approximate surface area is 132 Å². The van der Waals surface area contributed by atoms with Crippen LogP contribution in [-0.4, -0.2) is 8.42 Å². The minimum atomic E-state index is -3.78. The van der Waals surface area contributed by atoms with Crippen LogP contribution in [0.15, 0.2) is 47.4 Å². The number of benzene rings is 2. The molecule has 0 heterocycles. The van der Waals surface area contributed by atoms with Gasteiger partial charge in [-0.2, -0.15) is 0 Å². The fourth-order valence-electron chi connectivity index (χ4n) is 1.59. The van der Waals surface area contributed by atoms with Crippen LogP contribution in [0.4, 0.5) is 0 Å². The van der Waals surface area contributed by atoms with Gasteiger partial charge in [0.1, 0.15) is 4.90 Å². The molecule has 0 spiro atoms. The normalized spacial score (nSPS) is 11.6. The van der Waals surface area contributed by atoms with E-state index in [1.54, 1.807) is 30.3 Å². The largest absolute Gasteiger partial charge is 0.243 e. The summed E-state index contributed by atoms with van der Waals surface area (Å²) in [6.07, 6.45) is 0. The lowest BCUT2D eigenvalue weighted by molar-refractivity contribution is 0.581. The van der Waals surface area contributed by atoms with Crippen LogP contribution in [0.2, 0.25) is 15.1 Å². The molecule has 0 saturated carbocycles. The number of hydrogen-bond donors (Lipinski definition) is 1. The van der Waals surface area contributed by atoms with Crippen molar-refractivity contribution in [1.82, 2.24) is 4.72 Å². The van der Waals surface area contributed by atoms with E-state index in [0.29, 0.717) is 5.02 Å². The van der Waals surface area contributed by atoms with Crippen molar-refractivity contribution in [2.75, 3.05) is 0 Å². The second-order valence-corrected chi connectivity index (χ2v) is 6.96. The van der Waals surface area contributed by atoms with E-state index < -0.39 is 10.0 Å². The van der Waals surface area contributed by atoms with Gasteiger partial charge < -0.3 is 0 Å². The summed E-state index contributed by atoms with van der Waals surface area (Å²) in [4.78, 5) is -0.114. The molecule has 106 valence electrons. The fourth-order valence-corrected chi connectivity index (χ4v) is 3.88. The average molecular weight is 351 g/mol. The van der Waals surface area contributed by atoms with E-state index in [-0.39, 0.29) is 21.5 Å². The van der Waals surface area contributed by atoms with Crippen LogP contribution < -0.4 is 4.72 Å². The first kappa shape index (κ1) is 15.6. The Balaban J connectivity index is 2.22. The maximum atomic E-state index is 12.2. The third-order valence-electron chi connectivity index (χ3n) is 2.57. The van der Waals surface area contributed by atoms with Crippen LogP contribution in [0.5, 0.6) is 0 Å². The van der Waals surface area contributed by atoms with E-state index in [2.05, 4.69) is 4.72 Å². The van der Waals surface area contributed by atoms with Crippen molar-refractivity contribution >= 4 is 44.8 Å². The first-order valence-electron chi connectivity index (χ1n) is 5.58. The van der Waals surface area contributed by atoms with Crippen LogP contribution >= 0.6 is 34.8 Å². The summed E-state index contributed by atoms with van der Waals surface area (Å²) in [5.74, 6) is 0. The Morgan fingerprint density at radius 3 is 2.00 bits per heavy atom. The van der Waals surface area contributed by atoms with Gasteiger partial charge in [-0.25, -0.2) is 13.1 Å². The lowest BCUT2D eigenvalue weighted by Gasteiger charge is -2.10. The van der Waals surface area contributed by atoms with E-state index in [0.717, 1.165) is 5.56 Å². The molecule has 0 radical (unpaired) electrons. The second kappa shape index (κ2) is 6.33. The first-order chi connectivity index (χ1) is 9.40. The van der Waals surface area contributed by atoms with Crippen molar-refractivity contribution in [3.63, 3.8) is 0 Å². The van der Waals surface area contributed by atoms with Crippen LogP contribution in [0.25, 0.3) is 0 Å². The molecule has 2 aromatic rings. The molecular formula is C13H10Cl3NO2S. The number of sulfonamides is 1. The van der Waals surface area contributed by atoms with Gasteiger partial charge in [0.15, 0.2) is 0 Å². The van der Waals surface area contributed by atoms with E-state index in [4.69, 9.17) is 34.8 Å². The maximum Gasteiger partial charge on any atom is 0.243 e. The number of nitrogens with one attached hydrogen (secondary N) is 1. The van der Waals surface area contributed by atoms with Crippen LogP contribution in [0.1, 0.15) is 5.56 Å². The summed E-state index contributed by atoms with van der Waals surface area (Å²) in [5, 5.41) is 0.757. The summed E-state index contributed by atoms with van der Waals surface area (Å²) in [5.41, 5.74) is 0.779. The van der Waals surface area contributed by atoms with Gasteiger partial charge >= 0.3 is 0 Å². The van der Waals surface area contributed by atoms with E-state index in [9.17, 15) is 8.42 Å². The molecule has 0 bridgehead atoms. The first-order valence-corrected chi connectivity index (χ1v) is 8.20. The number of hydrogen-bond acceptors (Lipinski definition) is 2. The van der Waals surface area contributed by atoms with Crippen molar-refractivity contribution in [2.24, 2.45) is 0 Å². The predicted molar refractivity (Wildman–Crippen MR) is 81.9 cm³/mol. The third-order valence-corrected chi connectivity index (χ3v) is 5.17. The molecule has 1 N–H and O–H groups in total. The van der Waals surface area contributed by atoms with Crippen LogP contribution in [-0.2, 0) is 16.6 Å². The highest BCUT2D eigenvalue weighted by atomic mass is 35.5. The Morgan fingerprint density at radius 2 is 1.45 bits per heavy atom. The standard InChI is InChI=1S/C13H10Cl3NO2S/c14-10-6-4-9(5-7-10)8-17-20(18,19)13-11(15)2-1-3-12(13)16/h1-7,17H,8H2. The van der Waals surface area contributed by atoms with Crippen LogP contribution in [0, 0.1) is 0 Å². The van der Waals surface area contributed by atoms with E-state index in [1.165, 1.54) is 12.1 Å². The molecule has 0 unspecified atom stereocenters. The lowest BCUT2D eigenvalue weighted by atomic mass is 10.2. The molecular weight excluding hydrogens is 341 g/mol. The summed E-state index contributed by atoms with van der Waals surface area (Å²) in [7, 11) is -3.78. The zero-order chi connectivity index (χ0) is 14.8. The third kappa shape index (κ3) is 3.65. The number of halogens is 3. The highest BCUT2D eigenvalue weighted by Crippen LogP contribution is 2.28. The summed E-state index contributed by atoms with van der Waals surface area (Å²) >= 11 is 17.6. The van der Waals surface area contributed by atoms with E-state index in [1.807, 2.05) is 0 Å². The molecule has 2 rings (SSSR count). The van der Waals surface area contributed by atoms with Crippen molar-refractivity contribution in [3.8, 4) is 0 Å². The fraction of sp³-hybridized carbons (Fsp3) is 0.0769. The molecule has 0 aromatic heterocycles. The molecule has 0 aliphatic carbocycles. The van der Waals surface area contributed by atoms with Gasteiger partial charge in [-0.15, -0.1) is 0 Å². The SMILES string of the molecule is O=S(=O)(NCc1ccc(Cl)cc1)c1c(Cl)cccc1Cl. The van der Waals surface area contributed by atoms with Crippen LogP contribution in [0.3, 0.4) is 0 Å². The molecule has 7 heteroatoms. The molecule has 0 aliphatic heterocycles. The smallest absolute Gasteiger partial charge is 0.207 e. The molecule has 0 atom stereocenters. The topological polar surface area (TPSA) is 46.2 Å². The molecule has 3 nitrogen and oxygen atoms in total. The van der Waals surface area contributed by atoms with Crippen molar-refractivity contribution < 1.29 is 8.42 Å². The van der Waals surface area contributed by atoms with Crippen molar-refractivity contribution in [2.45, 2.75) is 11.4 Å². The Morgan fingerprint density at radius 1 is 0.900 bits per heavy atom. The molecule has 0 saturated heterocycles. The van der Waals surface area contributed by atoms with Gasteiger partial charge in [-0.05, 0) is 29.8 Å². The van der Waals surface area contributed by atoms with Gasteiger partial charge in [0.25, 0.3) is 0 Å². The lowest BCUT2D eigenvalue weighted by Crippen LogP contribution is -2.23. The molecule has 2 aromatic carbocycles. The zero-order valence-corrected chi connectivity index (χ0v) is 13.2. The maximum absolute atomic E-state index is 12.2. The quantitative estimate of drug-likeness (QED) is 0.901. The Hall–Kier alpha value is -0.780. The Kier molecular flexibility index (Phi) is 4.94. The molecule has 0 amide bonds. The van der Waals surface area contributed by atoms with Gasteiger partial charge in [-0.1, -0.05) is 53.0 Å². The minimum absolute atomic E-state index is 0.0844.